The maximum atomic E-state index is 13.3. The van der Waals surface area contributed by atoms with Crippen LogP contribution in [-0.2, 0) is 0 Å². The van der Waals surface area contributed by atoms with Crippen molar-refractivity contribution >= 4 is 65.9 Å². The van der Waals surface area contributed by atoms with Gasteiger partial charge in [-0.1, -0.05) is 23.1 Å². The van der Waals surface area contributed by atoms with Crippen LogP contribution in [0, 0.1) is 11.6 Å². The average Bonchev–Trinajstić information content (AvgIpc) is 3.19. The number of halogens is 2. The molecular formula is C16H9F2N3OS3. The number of aromatic nitrogens is 2. The zero-order valence-corrected chi connectivity index (χ0v) is 15.1. The fourth-order valence-corrected chi connectivity index (χ4v) is 4.95. The summed E-state index contributed by atoms with van der Waals surface area (Å²) in [5, 5.41) is 3.04. The summed E-state index contributed by atoms with van der Waals surface area (Å²) in [6, 6.07) is 6.77. The van der Waals surface area contributed by atoms with Crippen molar-refractivity contribution in [2.75, 3.05) is 11.6 Å². The molecule has 1 amide bonds. The zero-order chi connectivity index (χ0) is 17.6. The molecule has 9 heteroatoms. The number of thiazole rings is 2. The third-order valence-electron chi connectivity index (χ3n) is 3.47. The summed E-state index contributed by atoms with van der Waals surface area (Å²) in [6.07, 6.45) is 1.97. The predicted molar refractivity (Wildman–Crippen MR) is 98.9 cm³/mol. The van der Waals surface area contributed by atoms with E-state index in [1.165, 1.54) is 17.4 Å². The second-order valence-electron chi connectivity index (χ2n) is 5.05. The van der Waals surface area contributed by atoms with Crippen molar-refractivity contribution in [2.45, 2.75) is 4.34 Å². The number of hydrogen-bond donors (Lipinski definition) is 1. The Kier molecular flexibility index (Phi) is 4.14. The Balaban J connectivity index is 1.69. The average molecular weight is 393 g/mol. The molecule has 25 heavy (non-hydrogen) atoms. The van der Waals surface area contributed by atoms with Gasteiger partial charge in [-0.3, -0.25) is 10.1 Å². The molecule has 0 saturated heterocycles. The van der Waals surface area contributed by atoms with Crippen LogP contribution >= 0.6 is 34.4 Å². The highest BCUT2D eigenvalue weighted by atomic mass is 32.2. The van der Waals surface area contributed by atoms with Crippen molar-refractivity contribution in [3.63, 3.8) is 0 Å². The summed E-state index contributed by atoms with van der Waals surface area (Å²) in [7, 11) is 0. The Morgan fingerprint density at radius 2 is 1.76 bits per heavy atom. The van der Waals surface area contributed by atoms with Crippen molar-refractivity contribution < 1.29 is 13.6 Å². The van der Waals surface area contributed by atoms with Crippen LogP contribution in [0.5, 0.6) is 0 Å². The van der Waals surface area contributed by atoms with E-state index >= 15 is 0 Å². The van der Waals surface area contributed by atoms with Crippen molar-refractivity contribution in [3.05, 3.63) is 47.5 Å². The largest absolute Gasteiger partial charge is 0.298 e. The summed E-state index contributed by atoms with van der Waals surface area (Å²) in [6.45, 7) is 0. The third-order valence-corrected chi connectivity index (χ3v) is 6.68. The van der Waals surface area contributed by atoms with Gasteiger partial charge in [0.15, 0.2) is 21.1 Å². The van der Waals surface area contributed by atoms with E-state index in [0.717, 1.165) is 36.9 Å². The quantitative estimate of drug-likeness (QED) is 0.489. The lowest BCUT2D eigenvalue weighted by Crippen LogP contribution is -2.12. The molecule has 0 saturated carbocycles. The topological polar surface area (TPSA) is 54.9 Å². The minimum atomic E-state index is -1.06. The first kappa shape index (κ1) is 16.4. The van der Waals surface area contributed by atoms with Crippen molar-refractivity contribution in [1.29, 1.82) is 0 Å². The Hall–Kier alpha value is -2.10. The Bertz CT molecular complexity index is 1120. The molecule has 0 unspecified atom stereocenters. The molecule has 0 fully saturated rings. The molecule has 4 aromatic rings. The number of nitrogens with one attached hydrogen (secondary N) is 1. The minimum absolute atomic E-state index is 0.0331. The molecule has 4 rings (SSSR count). The molecule has 2 aromatic heterocycles. The first-order valence-corrected chi connectivity index (χ1v) is 9.91. The van der Waals surface area contributed by atoms with Gasteiger partial charge in [0, 0.05) is 5.56 Å². The summed E-state index contributed by atoms with van der Waals surface area (Å²) in [5.41, 5.74) is 1.68. The summed E-state index contributed by atoms with van der Waals surface area (Å²) >= 11 is 4.48. The molecule has 126 valence electrons. The number of hydrogen-bond acceptors (Lipinski definition) is 6. The van der Waals surface area contributed by atoms with E-state index in [1.807, 2.05) is 18.4 Å². The fourth-order valence-electron chi connectivity index (χ4n) is 2.30. The molecule has 0 aliphatic carbocycles. The highest BCUT2D eigenvalue weighted by Gasteiger charge is 2.15. The van der Waals surface area contributed by atoms with Gasteiger partial charge in [-0.2, -0.15) is 0 Å². The number of nitrogens with zero attached hydrogens (tertiary/aromatic N) is 2. The van der Waals surface area contributed by atoms with E-state index in [4.69, 9.17) is 0 Å². The normalized spacial score (nSPS) is 11.3. The van der Waals surface area contributed by atoms with Crippen LogP contribution in [0.4, 0.5) is 13.9 Å². The number of benzene rings is 2. The third kappa shape index (κ3) is 2.99. The van der Waals surface area contributed by atoms with E-state index < -0.39 is 17.5 Å². The standard InChI is InChI=1S/C16H9F2N3OS3/c1-23-16-20-11-5-4-10-12(13(11)25-16)24-15(19-10)21-14(22)7-2-3-8(17)9(18)6-7/h2-6H,1H3,(H,19,21,22). The van der Waals surface area contributed by atoms with E-state index in [0.29, 0.717) is 5.13 Å². The summed E-state index contributed by atoms with van der Waals surface area (Å²) in [4.78, 5) is 21.1. The molecule has 0 atom stereocenters. The molecule has 0 radical (unpaired) electrons. The van der Waals surface area contributed by atoms with Crippen LogP contribution in [0.25, 0.3) is 20.4 Å². The SMILES string of the molecule is CSc1nc2ccc3nc(NC(=O)c4ccc(F)c(F)c4)sc3c2s1. The van der Waals surface area contributed by atoms with Gasteiger partial charge in [-0.15, -0.1) is 11.3 Å². The smallest absolute Gasteiger partial charge is 0.257 e. The lowest BCUT2D eigenvalue weighted by Gasteiger charge is -2.01. The number of thioether (sulfide) groups is 1. The predicted octanol–water partition coefficient (Wildman–Crippen LogP) is 5.16. The molecule has 4 nitrogen and oxygen atoms in total. The van der Waals surface area contributed by atoms with E-state index in [2.05, 4.69) is 15.3 Å². The molecule has 1 N–H and O–H groups in total. The van der Waals surface area contributed by atoms with E-state index in [-0.39, 0.29) is 5.56 Å². The van der Waals surface area contributed by atoms with Crippen LogP contribution in [0.2, 0.25) is 0 Å². The van der Waals surface area contributed by atoms with Gasteiger partial charge in [-0.05, 0) is 36.6 Å². The Labute approximate surface area is 152 Å². The lowest BCUT2D eigenvalue weighted by atomic mass is 10.2. The zero-order valence-electron chi connectivity index (χ0n) is 12.7. The number of carbonyl (C=O) groups is 1. The second-order valence-corrected chi connectivity index (χ2v) is 8.10. The minimum Gasteiger partial charge on any atom is -0.298 e. The number of fused-ring (bicyclic) bond motifs is 3. The van der Waals surface area contributed by atoms with Gasteiger partial charge in [0.05, 0.1) is 20.4 Å². The Morgan fingerprint density at radius 3 is 2.48 bits per heavy atom. The van der Waals surface area contributed by atoms with Gasteiger partial charge < -0.3 is 0 Å². The molecule has 2 heterocycles. The molecule has 0 aliphatic heterocycles. The number of anilines is 1. The molecule has 0 aliphatic rings. The highest BCUT2D eigenvalue weighted by Crippen LogP contribution is 2.38. The fraction of sp³-hybridized carbons (Fsp3) is 0.0625. The van der Waals surface area contributed by atoms with Crippen LogP contribution in [0.1, 0.15) is 10.4 Å². The maximum absolute atomic E-state index is 13.3. The Morgan fingerprint density at radius 1 is 1.04 bits per heavy atom. The first-order chi connectivity index (χ1) is 12.0. The first-order valence-electron chi connectivity index (χ1n) is 7.05. The van der Waals surface area contributed by atoms with Gasteiger partial charge >= 0.3 is 0 Å². The van der Waals surface area contributed by atoms with Crippen molar-refractivity contribution in [1.82, 2.24) is 9.97 Å². The summed E-state index contributed by atoms with van der Waals surface area (Å²) < 4.78 is 29.2. The molecular weight excluding hydrogens is 384 g/mol. The second kappa shape index (κ2) is 6.32. The maximum Gasteiger partial charge on any atom is 0.257 e. The highest BCUT2D eigenvalue weighted by molar-refractivity contribution is 8.00. The van der Waals surface area contributed by atoms with Crippen LogP contribution in [0.3, 0.4) is 0 Å². The van der Waals surface area contributed by atoms with Crippen LogP contribution in [-0.4, -0.2) is 22.1 Å². The van der Waals surface area contributed by atoms with Crippen LogP contribution in [0.15, 0.2) is 34.7 Å². The molecule has 2 aromatic carbocycles. The molecule has 0 bridgehead atoms. The van der Waals surface area contributed by atoms with Gasteiger partial charge in [0.25, 0.3) is 5.91 Å². The van der Waals surface area contributed by atoms with E-state index in [9.17, 15) is 13.6 Å². The van der Waals surface area contributed by atoms with Gasteiger partial charge in [0.1, 0.15) is 0 Å². The number of rotatable bonds is 3. The van der Waals surface area contributed by atoms with Gasteiger partial charge in [-0.25, -0.2) is 18.7 Å². The molecule has 0 spiro atoms. The summed E-state index contributed by atoms with van der Waals surface area (Å²) in [5.74, 6) is -2.59. The number of carbonyl (C=O) groups excluding carboxylic acids is 1. The number of amides is 1. The van der Waals surface area contributed by atoms with Crippen molar-refractivity contribution in [3.8, 4) is 0 Å². The van der Waals surface area contributed by atoms with Crippen LogP contribution < -0.4 is 5.32 Å². The van der Waals surface area contributed by atoms with Gasteiger partial charge in [0.2, 0.25) is 0 Å². The van der Waals surface area contributed by atoms with E-state index in [1.54, 1.807) is 23.1 Å². The monoisotopic (exact) mass is 393 g/mol. The lowest BCUT2D eigenvalue weighted by molar-refractivity contribution is 0.102. The van der Waals surface area contributed by atoms with Crippen molar-refractivity contribution in [2.24, 2.45) is 0 Å².